The Labute approximate surface area is 89.6 Å². The number of halogens is 3. The van der Waals surface area contributed by atoms with E-state index in [9.17, 15) is 18.3 Å². The molecule has 2 heterocycles. The van der Waals surface area contributed by atoms with E-state index >= 15 is 0 Å². The summed E-state index contributed by atoms with van der Waals surface area (Å²) >= 11 is 0. The zero-order valence-electron chi connectivity index (χ0n) is 8.31. The Morgan fingerprint density at radius 2 is 2.25 bits per heavy atom. The third-order valence-electron chi connectivity index (χ3n) is 2.56. The minimum atomic E-state index is -4.40. The van der Waals surface area contributed by atoms with Crippen LogP contribution in [-0.4, -0.2) is 34.2 Å². The van der Waals surface area contributed by atoms with Gasteiger partial charge in [-0.3, -0.25) is 4.68 Å². The highest BCUT2D eigenvalue weighted by Crippen LogP contribution is 2.30. The van der Waals surface area contributed by atoms with Gasteiger partial charge in [0.1, 0.15) is 6.04 Å². The molecule has 0 amide bonds. The molecule has 7 heteroatoms. The van der Waals surface area contributed by atoms with Gasteiger partial charge in [-0.05, 0) is 6.42 Å². The van der Waals surface area contributed by atoms with Crippen LogP contribution in [0.1, 0.15) is 18.0 Å². The Kier molecular flexibility index (Phi) is 2.90. The van der Waals surface area contributed by atoms with E-state index in [4.69, 9.17) is 4.74 Å². The predicted octanol–water partition coefficient (Wildman–Crippen LogP) is 1.22. The van der Waals surface area contributed by atoms with Gasteiger partial charge in [-0.2, -0.15) is 18.3 Å². The lowest BCUT2D eigenvalue weighted by molar-refractivity contribution is -0.137. The molecule has 0 saturated carbocycles. The summed E-state index contributed by atoms with van der Waals surface area (Å²) in [5.41, 5.74) is -0.815. The highest BCUT2D eigenvalue weighted by molar-refractivity contribution is 5.09. The van der Waals surface area contributed by atoms with Crippen molar-refractivity contribution in [3.8, 4) is 0 Å². The molecule has 1 aliphatic heterocycles. The molecule has 1 saturated heterocycles. The van der Waals surface area contributed by atoms with E-state index in [1.54, 1.807) is 0 Å². The summed E-state index contributed by atoms with van der Waals surface area (Å²) in [6.07, 6.45) is -3.07. The Hall–Kier alpha value is -1.08. The molecule has 0 aromatic carbocycles. The molecule has 1 aromatic heterocycles. The molecule has 16 heavy (non-hydrogen) atoms. The van der Waals surface area contributed by atoms with Gasteiger partial charge in [-0.15, -0.1) is 0 Å². The number of alkyl halides is 3. The van der Waals surface area contributed by atoms with E-state index in [0.717, 1.165) is 17.1 Å². The van der Waals surface area contributed by atoms with E-state index < -0.39 is 23.9 Å². The van der Waals surface area contributed by atoms with Crippen molar-refractivity contribution in [2.75, 3.05) is 13.2 Å². The molecular formula is C9H11F3N2O2. The minimum absolute atomic E-state index is 0.181. The maximum Gasteiger partial charge on any atom is 0.419 e. The van der Waals surface area contributed by atoms with Crippen LogP contribution in [-0.2, 0) is 10.9 Å². The lowest BCUT2D eigenvalue weighted by Gasteiger charge is -2.27. The maximum atomic E-state index is 12.3. The zero-order chi connectivity index (χ0) is 11.8. The number of aromatic nitrogens is 2. The molecule has 2 unspecified atom stereocenters. The van der Waals surface area contributed by atoms with Crippen molar-refractivity contribution in [3.63, 3.8) is 0 Å². The smallest absolute Gasteiger partial charge is 0.391 e. The normalized spacial score (nSPS) is 27.0. The minimum Gasteiger partial charge on any atom is -0.391 e. The monoisotopic (exact) mass is 236 g/mol. The van der Waals surface area contributed by atoms with Crippen LogP contribution in [0.15, 0.2) is 12.4 Å². The van der Waals surface area contributed by atoms with Crippen LogP contribution in [0.5, 0.6) is 0 Å². The summed E-state index contributed by atoms with van der Waals surface area (Å²) in [6.45, 7) is 0.602. The number of aliphatic hydroxyl groups excluding tert-OH is 1. The van der Waals surface area contributed by atoms with Crippen molar-refractivity contribution < 1.29 is 23.0 Å². The van der Waals surface area contributed by atoms with E-state index in [-0.39, 0.29) is 6.61 Å². The summed E-state index contributed by atoms with van der Waals surface area (Å²) in [5.74, 6) is 0. The number of rotatable bonds is 1. The fourth-order valence-electron chi connectivity index (χ4n) is 1.63. The lowest BCUT2D eigenvalue weighted by Crippen LogP contribution is -2.34. The Bertz CT molecular complexity index is 364. The second-order valence-corrected chi connectivity index (χ2v) is 3.71. The Morgan fingerprint density at radius 3 is 2.81 bits per heavy atom. The molecule has 4 nitrogen and oxygen atoms in total. The lowest BCUT2D eigenvalue weighted by atomic mass is 10.1. The van der Waals surface area contributed by atoms with E-state index in [2.05, 4.69) is 5.10 Å². The van der Waals surface area contributed by atoms with Gasteiger partial charge < -0.3 is 9.84 Å². The van der Waals surface area contributed by atoms with Crippen LogP contribution >= 0.6 is 0 Å². The topological polar surface area (TPSA) is 47.3 Å². The van der Waals surface area contributed by atoms with E-state index in [0.29, 0.717) is 13.0 Å². The molecule has 2 rings (SSSR count). The molecule has 1 N–H and O–H groups in total. The summed E-state index contributed by atoms with van der Waals surface area (Å²) in [5, 5.41) is 13.2. The number of nitrogens with zero attached hydrogens (tertiary/aromatic N) is 2. The Balaban J connectivity index is 2.18. The second kappa shape index (κ2) is 4.06. The third kappa shape index (κ3) is 2.19. The van der Waals surface area contributed by atoms with Crippen LogP contribution in [0, 0.1) is 0 Å². The van der Waals surface area contributed by atoms with Crippen LogP contribution in [0.2, 0.25) is 0 Å². The fourth-order valence-corrected chi connectivity index (χ4v) is 1.63. The molecule has 0 spiro atoms. The number of ether oxygens (including phenoxy) is 1. The second-order valence-electron chi connectivity index (χ2n) is 3.71. The first kappa shape index (κ1) is 11.4. The van der Waals surface area contributed by atoms with Gasteiger partial charge in [-0.25, -0.2) is 0 Å². The highest BCUT2D eigenvalue weighted by Gasteiger charge is 2.34. The van der Waals surface area contributed by atoms with Crippen LogP contribution < -0.4 is 0 Å². The maximum absolute atomic E-state index is 12.3. The molecule has 0 aliphatic carbocycles. The number of hydrogen-bond donors (Lipinski definition) is 1. The molecular weight excluding hydrogens is 225 g/mol. The molecule has 2 atom stereocenters. The first-order valence-corrected chi connectivity index (χ1v) is 4.85. The average Bonchev–Trinajstić information content (AvgIpc) is 2.66. The van der Waals surface area contributed by atoms with Crippen molar-refractivity contribution >= 4 is 0 Å². The van der Waals surface area contributed by atoms with Crippen LogP contribution in [0.3, 0.4) is 0 Å². The van der Waals surface area contributed by atoms with Gasteiger partial charge in [0, 0.05) is 12.8 Å². The number of hydrogen-bond acceptors (Lipinski definition) is 3. The van der Waals surface area contributed by atoms with Crippen LogP contribution in [0.4, 0.5) is 13.2 Å². The summed E-state index contributed by atoms with van der Waals surface area (Å²) in [7, 11) is 0. The predicted molar refractivity (Wildman–Crippen MR) is 47.7 cm³/mol. The zero-order valence-corrected chi connectivity index (χ0v) is 8.31. The molecule has 90 valence electrons. The SMILES string of the molecule is OC1CCOCC1n1cc(C(F)(F)F)cn1. The summed E-state index contributed by atoms with van der Waals surface area (Å²) in [4.78, 5) is 0. The van der Waals surface area contributed by atoms with Crippen molar-refractivity contribution in [2.45, 2.75) is 24.7 Å². The largest absolute Gasteiger partial charge is 0.419 e. The fraction of sp³-hybridized carbons (Fsp3) is 0.667. The van der Waals surface area contributed by atoms with Gasteiger partial charge >= 0.3 is 6.18 Å². The van der Waals surface area contributed by atoms with Gasteiger partial charge in [0.25, 0.3) is 0 Å². The third-order valence-corrected chi connectivity index (χ3v) is 2.56. The average molecular weight is 236 g/mol. The molecule has 0 bridgehead atoms. The van der Waals surface area contributed by atoms with Crippen LogP contribution in [0.25, 0.3) is 0 Å². The van der Waals surface area contributed by atoms with E-state index in [1.807, 2.05) is 0 Å². The highest BCUT2D eigenvalue weighted by atomic mass is 19.4. The molecule has 1 aromatic rings. The van der Waals surface area contributed by atoms with Gasteiger partial charge in [-0.1, -0.05) is 0 Å². The standard InChI is InChI=1S/C9H11F3N2O2/c10-9(11,12)6-3-13-14(4-6)7-5-16-2-1-8(7)15/h3-4,7-8,15H,1-2,5H2. The summed E-state index contributed by atoms with van der Waals surface area (Å²) in [6, 6.07) is -0.537. The molecule has 1 aliphatic rings. The Morgan fingerprint density at radius 1 is 1.50 bits per heavy atom. The van der Waals surface area contributed by atoms with E-state index in [1.165, 1.54) is 0 Å². The first-order valence-electron chi connectivity index (χ1n) is 4.85. The molecule has 1 fully saturated rings. The van der Waals surface area contributed by atoms with Crippen molar-refractivity contribution in [3.05, 3.63) is 18.0 Å². The van der Waals surface area contributed by atoms with Gasteiger partial charge in [0.05, 0.1) is 24.5 Å². The van der Waals surface area contributed by atoms with Crippen molar-refractivity contribution in [1.82, 2.24) is 9.78 Å². The number of aliphatic hydroxyl groups is 1. The first-order chi connectivity index (χ1) is 7.48. The quantitative estimate of drug-likeness (QED) is 0.797. The van der Waals surface area contributed by atoms with Gasteiger partial charge in [0.15, 0.2) is 0 Å². The van der Waals surface area contributed by atoms with Crippen molar-refractivity contribution in [2.24, 2.45) is 0 Å². The van der Waals surface area contributed by atoms with Gasteiger partial charge in [0.2, 0.25) is 0 Å². The molecule has 0 radical (unpaired) electrons. The van der Waals surface area contributed by atoms with Crippen molar-refractivity contribution in [1.29, 1.82) is 0 Å². The summed E-state index contributed by atoms with van der Waals surface area (Å²) < 4.78 is 43.2.